The number of anilines is 3. The number of hydrogen-bond donors (Lipinski definition) is 0. The number of hydrogen-bond acceptors (Lipinski definition) is 2. The molecule has 1 aromatic heterocycles. The molecule has 6 aromatic carbocycles. The molecular formula is C39H24N2. The van der Waals surface area contributed by atoms with Gasteiger partial charge in [0.25, 0.3) is 0 Å². The van der Waals surface area contributed by atoms with Crippen LogP contribution in [0.5, 0.6) is 0 Å². The molecule has 2 aliphatic rings. The van der Waals surface area contributed by atoms with Crippen molar-refractivity contribution in [1.82, 2.24) is 4.98 Å². The van der Waals surface area contributed by atoms with Crippen molar-refractivity contribution in [2.24, 2.45) is 0 Å². The molecule has 0 saturated carbocycles. The molecule has 0 amide bonds. The maximum atomic E-state index is 4.37. The summed E-state index contributed by atoms with van der Waals surface area (Å²) in [6, 6.07) is 48.4. The quantitative estimate of drug-likeness (QED) is 0.229. The van der Waals surface area contributed by atoms with Crippen LogP contribution in [0.1, 0.15) is 0 Å². The van der Waals surface area contributed by atoms with Gasteiger partial charge < -0.3 is 4.90 Å². The predicted molar refractivity (Wildman–Crippen MR) is 171 cm³/mol. The molecule has 0 saturated heterocycles. The van der Waals surface area contributed by atoms with Gasteiger partial charge in [0.05, 0.1) is 11.9 Å². The first-order valence-electron chi connectivity index (χ1n) is 14.1. The number of benzene rings is 6. The Labute approximate surface area is 238 Å². The molecule has 0 bridgehead atoms. The molecule has 190 valence electrons. The summed E-state index contributed by atoms with van der Waals surface area (Å²) in [5.74, 6) is 0. The van der Waals surface area contributed by atoms with Crippen molar-refractivity contribution in [2.45, 2.75) is 0 Å². The van der Waals surface area contributed by atoms with Crippen LogP contribution in [-0.2, 0) is 0 Å². The Bertz CT molecular complexity index is 2060. The lowest BCUT2D eigenvalue weighted by atomic mass is 9.96. The highest BCUT2D eigenvalue weighted by molar-refractivity contribution is 6.26. The first kappa shape index (κ1) is 22.4. The van der Waals surface area contributed by atoms with Crippen LogP contribution in [0.2, 0.25) is 0 Å². The molecule has 0 aliphatic heterocycles. The maximum Gasteiger partial charge on any atom is 0.0644 e. The van der Waals surface area contributed by atoms with Gasteiger partial charge in [-0.25, -0.2) is 0 Å². The Hall–Kier alpha value is -5.47. The van der Waals surface area contributed by atoms with Crippen molar-refractivity contribution in [3.05, 3.63) is 146 Å². The van der Waals surface area contributed by atoms with Crippen LogP contribution in [-0.4, -0.2) is 4.98 Å². The predicted octanol–water partition coefficient (Wildman–Crippen LogP) is 10.7. The molecule has 2 nitrogen and oxygen atoms in total. The van der Waals surface area contributed by atoms with Gasteiger partial charge in [-0.2, -0.15) is 0 Å². The number of para-hydroxylation sites is 1. The summed E-state index contributed by atoms with van der Waals surface area (Å²) >= 11 is 0. The Morgan fingerprint density at radius 1 is 0.366 bits per heavy atom. The van der Waals surface area contributed by atoms with E-state index in [1.165, 1.54) is 66.4 Å². The number of nitrogens with zero attached hydrogens (tertiary/aromatic N) is 2. The van der Waals surface area contributed by atoms with E-state index < -0.39 is 0 Å². The number of rotatable bonds is 4. The highest BCUT2D eigenvalue weighted by atomic mass is 15.1. The summed E-state index contributed by atoms with van der Waals surface area (Å²) in [6.07, 6.45) is 3.72. The van der Waals surface area contributed by atoms with Crippen LogP contribution in [0.4, 0.5) is 17.1 Å². The fraction of sp³-hybridized carbons (Fsp3) is 0. The first-order valence-corrected chi connectivity index (χ1v) is 14.1. The fourth-order valence-corrected chi connectivity index (χ4v) is 6.84. The first-order chi connectivity index (χ1) is 20.3. The molecule has 0 unspecified atom stereocenters. The number of aromatic nitrogens is 1. The third kappa shape index (κ3) is 3.22. The molecular weight excluding hydrogens is 496 g/mol. The fourth-order valence-electron chi connectivity index (χ4n) is 6.84. The van der Waals surface area contributed by atoms with Crippen LogP contribution in [0.3, 0.4) is 0 Å². The van der Waals surface area contributed by atoms with Crippen molar-refractivity contribution in [1.29, 1.82) is 0 Å². The smallest absolute Gasteiger partial charge is 0.0644 e. The molecule has 0 fully saturated rings. The van der Waals surface area contributed by atoms with Crippen molar-refractivity contribution in [2.75, 3.05) is 4.90 Å². The zero-order valence-electron chi connectivity index (χ0n) is 22.3. The topological polar surface area (TPSA) is 16.1 Å². The maximum absolute atomic E-state index is 4.37. The molecule has 1 heterocycles. The minimum atomic E-state index is 1.04. The Kier molecular flexibility index (Phi) is 4.64. The molecule has 7 aromatic rings. The lowest BCUT2D eigenvalue weighted by Gasteiger charge is -2.25. The van der Waals surface area contributed by atoms with Gasteiger partial charge in [-0.05, 0) is 109 Å². The van der Waals surface area contributed by atoms with Crippen molar-refractivity contribution in [3.8, 4) is 55.6 Å². The molecule has 2 aliphatic carbocycles. The van der Waals surface area contributed by atoms with E-state index in [1.807, 2.05) is 24.5 Å². The molecule has 0 N–H and O–H groups in total. The molecule has 41 heavy (non-hydrogen) atoms. The van der Waals surface area contributed by atoms with Gasteiger partial charge in [-0.1, -0.05) is 91.0 Å². The monoisotopic (exact) mass is 520 g/mol. The van der Waals surface area contributed by atoms with Gasteiger partial charge >= 0.3 is 0 Å². The number of fused-ring (bicyclic) bond motifs is 6. The van der Waals surface area contributed by atoms with Crippen molar-refractivity contribution >= 4 is 27.8 Å². The second kappa shape index (κ2) is 8.51. The van der Waals surface area contributed by atoms with Crippen LogP contribution in [0, 0.1) is 0 Å². The van der Waals surface area contributed by atoms with Crippen LogP contribution >= 0.6 is 0 Å². The Morgan fingerprint density at radius 2 is 0.878 bits per heavy atom. The average molecular weight is 521 g/mol. The van der Waals surface area contributed by atoms with E-state index in [4.69, 9.17) is 0 Å². The van der Waals surface area contributed by atoms with E-state index in [1.54, 1.807) is 0 Å². The van der Waals surface area contributed by atoms with Crippen LogP contribution in [0.25, 0.3) is 66.4 Å². The summed E-state index contributed by atoms with van der Waals surface area (Å²) in [7, 11) is 0. The van der Waals surface area contributed by atoms with E-state index in [2.05, 4.69) is 131 Å². The van der Waals surface area contributed by atoms with E-state index >= 15 is 0 Å². The molecule has 9 rings (SSSR count). The number of pyridine rings is 1. The van der Waals surface area contributed by atoms with Crippen LogP contribution < -0.4 is 4.90 Å². The Morgan fingerprint density at radius 3 is 1.51 bits per heavy atom. The van der Waals surface area contributed by atoms with Gasteiger partial charge in [-0.3, -0.25) is 4.98 Å². The SMILES string of the molecule is c1ccc(N(c2ccc(-c3ccc4c(c3)-c3ccc5c6c(ccc-4c36)-c3ccccc3-5)cc2)c2cccnc2)cc1. The second-order valence-electron chi connectivity index (χ2n) is 10.8. The molecule has 0 atom stereocenters. The van der Waals surface area contributed by atoms with Gasteiger partial charge in [0, 0.05) is 17.6 Å². The lowest BCUT2D eigenvalue weighted by molar-refractivity contribution is 1.23. The van der Waals surface area contributed by atoms with Crippen molar-refractivity contribution in [3.63, 3.8) is 0 Å². The summed E-state index contributed by atoms with van der Waals surface area (Å²) in [4.78, 5) is 6.61. The highest BCUT2D eigenvalue weighted by Crippen LogP contribution is 2.56. The lowest BCUT2D eigenvalue weighted by Crippen LogP contribution is -2.09. The van der Waals surface area contributed by atoms with Gasteiger partial charge in [0.1, 0.15) is 0 Å². The van der Waals surface area contributed by atoms with Gasteiger partial charge in [0.2, 0.25) is 0 Å². The third-order valence-corrected chi connectivity index (χ3v) is 8.65. The van der Waals surface area contributed by atoms with E-state index in [-0.39, 0.29) is 0 Å². The summed E-state index contributed by atoms with van der Waals surface area (Å²) in [5.41, 5.74) is 16.4. The molecule has 2 heteroatoms. The second-order valence-corrected chi connectivity index (χ2v) is 10.8. The average Bonchev–Trinajstić information content (AvgIpc) is 3.54. The zero-order chi connectivity index (χ0) is 26.9. The van der Waals surface area contributed by atoms with E-state index in [0.29, 0.717) is 0 Å². The van der Waals surface area contributed by atoms with Gasteiger partial charge in [-0.15, -0.1) is 0 Å². The van der Waals surface area contributed by atoms with Crippen LogP contribution in [0.15, 0.2) is 146 Å². The van der Waals surface area contributed by atoms with E-state index in [9.17, 15) is 0 Å². The van der Waals surface area contributed by atoms with Crippen molar-refractivity contribution < 1.29 is 0 Å². The minimum absolute atomic E-state index is 1.04. The molecule has 0 spiro atoms. The molecule has 0 radical (unpaired) electrons. The minimum Gasteiger partial charge on any atom is -0.309 e. The summed E-state index contributed by atoms with van der Waals surface area (Å²) in [6.45, 7) is 0. The summed E-state index contributed by atoms with van der Waals surface area (Å²) in [5, 5.41) is 2.80. The normalized spacial score (nSPS) is 11.9. The largest absolute Gasteiger partial charge is 0.309 e. The van der Waals surface area contributed by atoms with E-state index in [0.717, 1.165) is 17.1 Å². The summed E-state index contributed by atoms with van der Waals surface area (Å²) < 4.78 is 0. The Balaban J connectivity index is 1.13. The third-order valence-electron chi connectivity index (χ3n) is 8.65. The standard InChI is InChI=1S/C39H24N2/c1-2-7-27(8-3-1)41(29-9-6-22-40-24-29)28-15-12-25(13-16-28)26-14-17-32-35-19-18-33-30-10-4-5-11-31(30)34-20-21-36(37(32)23-26)39(35)38(33)34/h1-24H. The zero-order valence-corrected chi connectivity index (χ0v) is 22.3. The van der Waals surface area contributed by atoms with Gasteiger partial charge in [0.15, 0.2) is 0 Å². The highest BCUT2D eigenvalue weighted by Gasteiger charge is 2.29.